The van der Waals surface area contributed by atoms with Crippen LogP contribution in [0.15, 0.2) is 24.4 Å². The number of rotatable bonds is 1. The van der Waals surface area contributed by atoms with Crippen molar-refractivity contribution in [3.05, 3.63) is 47.3 Å². The maximum absolute atomic E-state index is 12.4. The smallest absolute Gasteiger partial charge is 0.361 e. The Morgan fingerprint density at radius 2 is 1.95 bits per heavy atom. The lowest BCUT2D eigenvalue weighted by Crippen LogP contribution is -2.07. The van der Waals surface area contributed by atoms with Crippen molar-refractivity contribution in [3.63, 3.8) is 0 Å². The van der Waals surface area contributed by atoms with Gasteiger partial charge in [-0.2, -0.15) is 13.2 Å². The highest BCUT2D eigenvalue weighted by Gasteiger charge is 2.32. The van der Waals surface area contributed by atoms with E-state index in [0.29, 0.717) is 17.1 Å². The molecule has 0 saturated carbocycles. The number of halogens is 3. The first-order valence-corrected chi connectivity index (χ1v) is 5.17. The van der Waals surface area contributed by atoms with Crippen molar-refractivity contribution >= 4 is 5.82 Å². The Labute approximate surface area is 106 Å². The van der Waals surface area contributed by atoms with Gasteiger partial charge in [-0.25, -0.2) is 4.98 Å². The van der Waals surface area contributed by atoms with Crippen LogP contribution in [0.25, 0.3) is 16.1 Å². The average Bonchev–Trinajstić information content (AvgIpc) is 2.37. The van der Waals surface area contributed by atoms with Crippen LogP contribution in [0.3, 0.4) is 0 Å². The van der Waals surface area contributed by atoms with Gasteiger partial charge in [0.2, 0.25) is 5.82 Å². The number of aryl methyl sites for hydroxylation is 1. The molecule has 0 saturated heterocycles. The van der Waals surface area contributed by atoms with E-state index < -0.39 is 11.9 Å². The predicted octanol–water partition coefficient (Wildman–Crippen LogP) is 3.42. The summed E-state index contributed by atoms with van der Waals surface area (Å²) in [4.78, 5) is 14.5. The molecule has 7 heteroatoms. The Morgan fingerprint density at radius 1 is 1.21 bits per heavy atom. The van der Waals surface area contributed by atoms with Crippen LogP contribution in [0.2, 0.25) is 0 Å². The number of hydrogen-bond donors (Lipinski definition) is 0. The van der Waals surface area contributed by atoms with Crippen LogP contribution in [0.1, 0.15) is 11.5 Å². The lowest BCUT2D eigenvalue weighted by Gasteiger charge is -2.06. The van der Waals surface area contributed by atoms with Crippen LogP contribution < -0.4 is 0 Å². The molecule has 0 spiro atoms. The maximum Gasteiger partial charge on any atom is 0.433 e. The summed E-state index contributed by atoms with van der Waals surface area (Å²) in [5.74, 6) is 0.519. The van der Waals surface area contributed by atoms with E-state index in [-0.39, 0.29) is 5.82 Å². The molecule has 0 aliphatic heterocycles. The van der Waals surface area contributed by atoms with E-state index in [1.807, 2.05) is 0 Å². The van der Waals surface area contributed by atoms with Crippen LogP contribution in [0, 0.1) is 13.5 Å². The largest absolute Gasteiger partial charge is 0.433 e. The second-order valence-electron chi connectivity index (χ2n) is 3.70. The molecule has 2 heterocycles. The van der Waals surface area contributed by atoms with Gasteiger partial charge in [0.15, 0.2) is 0 Å². The average molecular weight is 264 g/mol. The molecule has 4 nitrogen and oxygen atoms in total. The van der Waals surface area contributed by atoms with Crippen molar-refractivity contribution in [1.29, 1.82) is 0 Å². The molecular formula is C12H7F3N4. The number of hydrogen-bond acceptors (Lipinski definition) is 3. The molecule has 0 amide bonds. The quantitative estimate of drug-likeness (QED) is 0.741. The molecular weight excluding hydrogens is 257 g/mol. The van der Waals surface area contributed by atoms with Crippen molar-refractivity contribution in [2.24, 2.45) is 0 Å². The molecule has 2 aromatic heterocycles. The molecule has 96 valence electrons. The first-order valence-electron chi connectivity index (χ1n) is 5.17. The molecule has 0 radical (unpaired) electrons. The predicted molar refractivity (Wildman–Crippen MR) is 61.3 cm³/mol. The normalized spacial score (nSPS) is 11.1. The maximum atomic E-state index is 12.4. The van der Waals surface area contributed by atoms with Gasteiger partial charge in [0, 0.05) is 18.7 Å². The Morgan fingerprint density at radius 3 is 2.47 bits per heavy atom. The van der Waals surface area contributed by atoms with E-state index in [1.54, 1.807) is 6.92 Å². The highest BCUT2D eigenvalue weighted by atomic mass is 19.4. The summed E-state index contributed by atoms with van der Waals surface area (Å²) >= 11 is 0. The number of alkyl halides is 3. The van der Waals surface area contributed by atoms with Gasteiger partial charge in [-0.1, -0.05) is 6.57 Å². The minimum atomic E-state index is -4.47. The number of pyridine rings is 1. The molecule has 19 heavy (non-hydrogen) atoms. The van der Waals surface area contributed by atoms with E-state index in [9.17, 15) is 13.2 Å². The summed E-state index contributed by atoms with van der Waals surface area (Å²) in [5, 5.41) is 0. The molecule has 0 aliphatic carbocycles. The van der Waals surface area contributed by atoms with Gasteiger partial charge in [0.25, 0.3) is 5.82 Å². The number of nitrogens with zero attached hydrogens (tertiary/aromatic N) is 4. The van der Waals surface area contributed by atoms with E-state index >= 15 is 0 Å². The summed E-state index contributed by atoms with van der Waals surface area (Å²) < 4.78 is 37.1. The molecule has 0 aliphatic rings. The van der Waals surface area contributed by atoms with E-state index in [4.69, 9.17) is 6.57 Å². The van der Waals surface area contributed by atoms with Gasteiger partial charge in [-0.05, 0) is 18.2 Å². The van der Waals surface area contributed by atoms with Crippen LogP contribution in [-0.2, 0) is 6.18 Å². The second kappa shape index (κ2) is 4.65. The molecule has 0 aromatic carbocycles. The first kappa shape index (κ1) is 13.0. The summed E-state index contributed by atoms with van der Waals surface area (Å²) in [6.45, 7) is 8.49. The highest BCUT2D eigenvalue weighted by molar-refractivity contribution is 5.61. The summed E-state index contributed by atoms with van der Waals surface area (Å²) in [7, 11) is 0. The van der Waals surface area contributed by atoms with Gasteiger partial charge in [0.1, 0.15) is 5.69 Å². The van der Waals surface area contributed by atoms with E-state index in [1.165, 1.54) is 12.1 Å². The lowest BCUT2D eigenvalue weighted by molar-refractivity contribution is -0.141. The van der Waals surface area contributed by atoms with Crippen molar-refractivity contribution in [3.8, 4) is 11.3 Å². The zero-order valence-corrected chi connectivity index (χ0v) is 9.73. The molecule has 0 unspecified atom stereocenters. The summed E-state index contributed by atoms with van der Waals surface area (Å²) in [6.07, 6.45) is -3.39. The zero-order chi connectivity index (χ0) is 14.0. The van der Waals surface area contributed by atoms with Gasteiger partial charge in [-0.15, -0.1) is 4.98 Å². The third-order valence-electron chi connectivity index (χ3n) is 2.29. The Kier molecular flexibility index (Phi) is 3.17. The minimum absolute atomic E-state index is 0.141. The molecule has 0 atom stereocenters. The van der Waals surface area contributed by atoms with Crippen molar-refractivity contribution in [2.75, 3.05) is 0 Å². The van der Waals surface area contributed by atoms with Crippen molar-refractivity contribution < 1.29 is 13.2 Å². The van der Waals surface area contributed by atoms with Gasteiger partial charge in [0.05, 0.1) is 5.69 Å². The molecule has 2 aromatic rings. The molecule has 0 fully saturated rings. The zero-order valence-electron chi connectivity index (χ0n) is 9.73. The molecule has 2 rings (SSSR count). The van der Waals surface area contributed by atoms with Gasteiger partial charge in [-0.3, -0.25) is 4.98 Å². The molecule has 0 N–H and O–H groups in total. The summed E-state index contributed by atoms with van der Waals surface area (Å²) in [5.41, 5.74) is -0.185. The fourth-order valence-electron chi connectivity index (χ4n) is 1.47. The van der Waals surface area contributed by atoms with E-state index in [2.05, 4.69) is 19.8 Å². The lowest BCUT2D eigenvalue weighted by atomic mass is 10.2. The van der Waals surface area contributed by atoms with Crippen LogP contribution in [0.5, 0.6) is 0 Å². The fourth-order valence-corrected chi connectivity index (χ4v) is 1.47. The Hall–Kier alpha value is -2.49. The fraction of sp³-hybridized carbons (Fsp3) is 0.167. The Bertz CT molecular complexity index is 642. The van der Waals surface area contributed by atoms with Crippen LogP contribution >= 0.6 is 0 Å². The van der Waals surface area contributed by atoms with Crippen LogP contribution in [-0.4, -0.2) is 15.0 Å². The third-order valence-corrected chi connectivity index (χ3v) is 2.29. The first-order chi connectivity index (χ1) is 8.90. The topological polar surface area (TPSA) is 43.0 Å². The highest BCUT2D eigenvalue weighted by Crippen LogP contribution is 2.29. The van der Waals surface area contributed by atoms with Gasteiger partial charge < -0.3 is 4.85 Å². The van der Waals surface area contributed by atoms with Gasteiger partial charge >= 0.3 is 6.18 Å². The summed E-state index contributed by atoms with van der Waals surface area (Å²) in [6, 6.07) is 3.56. The van der Waals surface area contributed by atoms with Crippen molar-refractivity contribution in [1.82, 2.24) is 15.0 Å². The second-order valence-corrected chi connectivity index (χ2v) is 3.70. The van der Waals surface area contributed by atoms with Crippen molar-refractivity contribution in [2.45, 2.75) is 13.1 Å². The Balaban J connectivity index is 2.43. The monoisotopic (exact) mass is 264 g/mol. The van der Waals surface area contributed by atoms with Crippen LogP contribution in [0.4, 0.5) is 19.0 Å². The minimum Gasteiger partial charge on any atom is -0.361 e. The SMILES string of the molecule is [C-]#[N+]c1cc(-c2ccc(C(F)(F)F)nc2)nc(C)n1. The van der Waals surface area contributed by atoms with E-state index in [0.717, 1.165) is 12.3 Å². The molecule has 0 bridgehead atoms. The third kappa shape index (κ3) is 2.85. The standard InChI is InChI=1S/C12H7F3N4/c1-7-18-9(5-11(16-2)19-7)8-3-4-10(17-6-8)12(13,14)15/h3-6H,1H3. The number of aromatic nitrogens is 3.